The molecule has 1 aliphatic rings. The van der Waals surface area contributed by atoms with E-state index in [4.69, 9.17) is 4.74 Å². The Balaban J connectivity index is 2.34. The van der Waals surface area contributed by atoms with Gasteiger partial charge in [-0.25, -0.2) is 0 Å². The summed E-state index contributed by atoms with van der Waals surface area (Å²) >= 11 is 0. The number of hydrogen-bond acceptors (Lipinski definition) is 4. The lowest BCUT2D eigenvalue weighted by Crippen LogP contribution is -2.11. The molecule has 1 saturated carbocycles. The molecule has 1 aliphatic carbocycles. The van der Waals surface area contributed by atoms with Gasteiger partial charge >= 0.3 is 5.97 Å². The lowest BCUT2D eigenvalue weighted by molar-refractivity contribution is -0.145. The normalized spacial score (nSPS) is 23.5. The summed E-state index contributed by atoms with van der Waals surface area (Å²) in [5.41, 5.74) is -0.438. The Bertz CT molecular complexity index is 525. The third-order valence-corrected chi connectivity index (χ3v) is 3.27. The number of benzene rings is 1. The van der Waals surface area contributed by atoms with Gasteiger partial charge in [0.1, 0.15) is 0 Å². The van der Waals surface area contributed by atoms with Crippen LogP contribution in [0.2, 0.25) is 0 Å². The van der Waals surface area contributed by atoms with Crippen molar-refractivity contribution < 1.29 is 9.53 Å². The lowest BCUT2D eigenvalue weighted by Gasteiger charge is -1.99. The van der Waals surface area contributed by atoms with Crippen LogP contribution in [-0.4, -0.2) is 12.6 Å². The first-order valence-electron chi connectivity index (χ1n) is 5.75. The molecule has 0 bridgehead atoms. The van der Waals surface area contributed by atoms with Gasteiger partial charge in [0, 0.05) is 5.92 Å². The standard InChI is InChI=1S/C14H12N2O2/c1-2-18-13(17)12-11(14(12,8-15)9-16)10-6-4-3-5-7-10/h3-7,11-12H,2H2,1H3/t11-,12-/m0/s1. The molecule has 0 heterocycles. The zero-order valence-corrected chi connectivity index (χ0v) is 9.96. The summed E-state index contributed by atoms with van der Waals surface area (Å²) in [6.07, 6.45) is 0. The SMILES string of the molecule is CCOC(=O)[C@@H]1[C@H](c2ccccc2)C1(C#N)C#N. The summed E-state index contributed by atoms with van der Waals surface area (Å²) in [4.78, 5) is 11.8. The molecular weight excluding hydrogens is 228 g/mol. The maximum atomic E-state index is 11.8. The van der Waals surface area contributed by atoms with Gasteiger partial charge in [0.15, 0.2) is 5.41 Å². The van der Waals surface area contributed by atoms with Gasteiger partial charge in [0.05, 0.1) is 24.7 Å². The van der Waals surface area contributed by atoms with E-state index in [1.54, 1.807) is 6.92 Å². The third kappa shape index (κ3) is 1.63. The number of carbonyl (C=O) groups is 1. The second-order valence-electron chi connectivity index (χ2n) is 4.21. The average Bonchev–Trinajstić information content (AvgIpc) is 3.09. The van der Waals surface area contributed by atoms with Crippen LogP contribution >= 0.6 is 0 Å². The maximum Gasteiger partial charge on any atom is 0.312 e. The summed E-state index contributed by atoms with van der Waals surface area (Å²) in [7, 11) is 0. The molecule has 0 radical (unpaired) electrons. The number of rotatable bonds is 3. The van der Waals surface area contributed by atoms with Gasteiger partial charge in [-0.2, -0.15) is 10.5 Å². The van der Waals surface area contributed by atoms with Crippen LogP contribution in [0, 0.1) is 34.0 Å². The van der Waals surface area contributed by atoms with Crippen LogP contribution in [0.3, 0.4) is 0 Å². The summed E-state index contributed by atoms with van der Waals surface area (Å²) < 4.78 is 4.94. The maximum absolute atomic E-state index is 11.8. The highest BCUT2D eigenvalue weighted by Gasteiger charge is 2.71. The van der Waals surface area contributed by atoms with Gasteiger partial charge in [0.2, 0.25) is 0 Å². The Morgan fingerprint density at radius 2 is 1.94 bits per heavy atom. The van der Waals surface area contributed by atoms with Crippen molar-refractivity contribution in [3.63, 3.8) is 0 Å². The van der Waals surface area contributed by atoms with Crippen molar-refractivity contribution >= 4 is 5.97 Å². The first kappa shape index (κ1) is 12.1. The molecule has 2 rings (SSSR count). The van der Waals surface area contributed by atoms with Crippen LogP contribution in [0.4, 0.5) is 0 Å². The van der Waals surface area contributed by atoms with E-state index in [1.165, 1.54) is 0 Å². The lowest BCUT2D eigenvalue weighted by atomic mass is 10.0. The highest BCUT2D eigenvalue weighted by Crippen LogP contribution is 2.64. The second kappa shape index (κ2) is 4.50. The predicted octanol–water partition coefficient (Wildman–Crippen LogP) is 2.00. The number of carbonyl (C=O) groups excluding carboxylic acids is 1. The fourth-order valence-electron chi connectivity index (χ4n) is 2.36. The molecule has 18 heavy (non-hydrogen) atoms. The Morgan fingerprint density at radius 3 is 2.44 bits per heavy atom. The molecule has 0 unspecified atom stereocenters. The van der Waals surface area contributed by atoms with Crippen LogP contribution in [0.1, 0.15) is 18.4 Å². The number of ether oxygens (including phenoxy) is 1. The van der Waals surface area contributed by atoms with E-state index in [0.29, 0.717) is 0 Å². The first-order chi connectivity index (χ1) is 8.71. The van der Waals surface area contributed by atoms with E-state index >= 15 is 0 Å². The minimum absolute atomic E-state index is 0.254. The van der Waals surface area contributed by atoms with Crippen molar-refractivity contribution in [2.75, 3.05) is 6.61 Å². The van der Waals surface area contributed by atoms with Gasteiger partial charge in [-0.3, -0.25) is 4.79 Å². The van der Waals surface area contributed by atoms with E-state index in [2.05, 4.69) is 0 Å². The fraction of sp³-hybridized carbons (Fsp3) is 0.357. The molecule has 1 fully saturated rings. The minimum atomic E-state index is -1.27. The smallest absolute Gasteiger partial charge is 0.312 e. The Hall–Kier alpha value is -2.33. The van der Waals surface area contributed by atoms with Crippen LogP contribution in [0.5, 0.6) is 0 Å². The predicted molar refractivity (Wildman–Crippen MR) is 63.0 cm³/mol. The van der Waals surface area contributed by atoms with Crippen molar-refractivity contribution in [1.82, 2.24) is 0 Å². The van der Waals surface area contributed by atoms with E-state index < -0.39 is 17.3 Å². The van der Waals surface area contributed by atoms with E-state index in [9.17, 15) is 15.3 Å². The minimum Gasteiger partial charge on any atom is -0.466 e. The van der Waals surface area contributed by atoms with Gasteiger partial charge in [-0.05, 0) is 12.5 Å². The number of hydrogen-bond donors (Lipinski definition) is 0. The second-order valence-corrected chi connectivity index (χ2v) is 4.21. The molecule has 0 aliphatic heterocycles. The zero-order chi connectivity index (χ0) is 13.2. The van der Waals surface area contributed by atoms with Gasteiger partial charge in [0.25, 0.3) is 0 Å². The van der Waals surface area contributed by atoms with Crippen LogP contribution < -0.4 is 0 Å². The molecular formula is C14H12N2O2. The molecule has 0 aromatic heterocycles. The van der Waals surface area contributed by atoms with Crippen LogP contribution in [-0.2, 0) is 9.53 Å². The van der Waals surface area contributed by atoms with Crippen molar-refractivity contribution in [3.8, 4) is 12.1 Å². The van der Waals surface area contributed by atoms with Crippen molar-refractivity contribution in [3.05, 3.63) is 35.9 Å². The summed E-state index contributed by atoms with van der Waals surface area (Å²) in [5.74, 6) is -1.52. The monoisotopic (exact) mass is 240 g/mol. The molecule has 4 nitrogen and oxygen atoms in total. The summed E-state index contributed by atoms with van der Waals surface area (Å²) in [6.45, 7) is 1.96. The third-order valence-electron chi connectivity index (χ3n) is 3.27. The topological polar surface area (TPSA) is 73.9 Å². The summed E-state index contributed by atoms with van der Waals surface area (Å²) in [5, 5.41) is 18.4. The Kier molecular flexibility index (Phi) is 3.04. The average molecular weight is 240 g/mol. The fourth-order valence-corrected chi connectivity index (χ4v) is 2.36. The number of esters is 1. The molecule has 4 heteroatoms. The van der Waals surface area contributed by atoms with E-state index in [0.717, 1.165) is 5.56 Å². The van der Waals surface area contributed by atoms with Gasteiger partial charge in [-0.1, -0.05) is 30.3 Å². The molecule has 0 N–H and O–H groups in total. The highest BCUT2D eigenvalue weighted by atomic mass is 16.5. The van der Waals surface area contributed by atoms with Crippen LogP contribution in [0.25, 0.3) is 0 Å². The van der Waals surface area contributed by atoms with Gasteiger partial charge in [-0.15, -0.1) is 0 Å². The molecule has 2 atom stereocenters. The highest BCUT2D eigenvalue weighted by molar-refractivity contribution is 5.82. The van der Waals surface area contributed by atoms with Crippen molar-refractivity contribution in [2.24, 2.45) is 11.3 Å². The largest absolute Gasteiger partial charge is 0.466 e. The van der Waals surface area contributed by atoms with E-state index in [-0.39, 0.29) is 12.5 Å². The zero-order valence-electron chi connectivity index (χ0n) is 9.96. The number of nitrogens with zero attached hydrogens (tertiary/aromatic N) is 2. The summed E-state index contributed by atoms with van der Waals surface area (Å²) in [6, 6.07) is 13.1. The molecule has 0 saturated heterocycles. The Morgan fingerprint density at radius 1 is 1.33 bits per heavy atom. The number of nitriles is 2. The van der Waals surface area contributed by atoms with Crippen LogP contribution in [0.15, 0.2) is 30.3 Å². The van der Waals surface area contributed by atoms with E-state index in [1.807, 2.05) is 42.5 Å². The van der Waals surface area contributed by atoms with Gasteiger partial charge < -0.3 is 4.74 Å². The molecule has 90 valence electrons. The molecule has 0 amide bonds. The Labute approximate surface area is 105 Å². The van der Waals surface area contributed by atoms with Crippen molar-refractivity contribution in [1.29, 1.82) is 10.5 Å². The molecule has 0 spiro atoms. The molecule has 1 aromatic carbocycles. The molecule has 1 aromatic rings. The first-order valence-corrected chi connectivity index (χ1v) is 5.75. The van der Waals surface area contributed by atoms with Crippen molar-refractivity contribution in [2.45, 2.75) is 12.8 Å². The quantitative estimate of drug-likeness (QED) is 0.757.